The van der Waals surface area contributed by atoms with Gasteiger partial charge in [0.2, 0.25) is 0 Å². The molecule has 0 amide bonds. The van der Waals surface area contributed by atoms with Crippen LogP contribution in [0.5, 0.6) is 0 Å². The summed E-state index contributed by atoms with van der Waals surface area (Å²) >= 11 is 0. The highest BCUT2D eigenvalue weighted by Crippen LogP contribution is 2.04. The van der Waals surface area contributed by atoms with Crippen LogP contribution in [-0.2, 0) is 4.74 Å². The Kier molecular flexibility index (Phi) is 5.51. The lowest BCUT2D eigenvalue weighted by Crippen LogP contribution is -2.38. The second-order valence-electron chi connectivity index (χ2n) is 2.97. The summed E-state index contributed by atoms with van der Waals surface area (Å²) in [6, 6.07) is 0.514. The summed E-state index contributed by atoms with van der Waals surface area (Å²) in [7, 11) is 2.13. The van der Waals surface area contributed by atoms with E-state index in [-0.39, 0.29) is 0 Å². The molecule has 0 aromatic carbocycles. The van der Waals surface area contributed by atoms with Gasteiger partial charge in [0, 0.05) is 12.6 Å². The molecular weight excluding hydrogens is 138 g/mol. The van der Waals surface area contributed by atoms with Crippen LogP contribution in [0.4, 0.5) is 0 Å². The lowest BCUT2D eigenvalue weighted by Gasteiger charge is -2.28. The van der Waals surface area contributed by atoms with Crippen molar-refractivity contribution in [3.8, 4) is 0 Å². The van der Waals surface area contributed by atoms with Gasteiger partial charge in [0.15, 0.2) is 0 Å². The van der Waals surface area contributed by atoms with Gasteiger partial charge in [0.25, 0.3) is 0 Å². The van der Waals surface area contributed by atoms with Crippen molar-refractivity contribution < 1.29 is 4.74 Å². The second kappa shape index (κ2) is 5.56. The molecule has 2 unspecified atom stereocenters. The largest absolute Gasteiger partial charge is 0.377 e. The van der Waals surface area contributed by atoms with Gasteiger partial charge < -0.3 is 9.64 Å². The Morgan fingerprint density at radius 1 is 1.27 bits per heavy atom. The zero-order chi connectivity index (χ0) is 8.85. The third-order valence-electron chi connectivity index (χ3n) is 2.30. The average molecular weight is 159 g/mol. The number of nitrogens with zero attached hydrogens (tertiary/aromatic N) is 1. The maximum absolute atomic E-state index is 5.48. The van der Waals surface area contributed by atoms with E-state index in [9.17, 15) is 0 Å². The summed E-state index contributed by atoms with van der Waals surface area (Å²) in [6.45, 7) is 10.4. The van der Waals surface area contributed by atoms with E-state index in [0.29, 0.717) is 12.1 Å². The van der Waals surface area contributed by atoms with Crippen molar-refractivity contribution in [1.29, 1.82) is 0 Å². The molecule has 0 rings (SSSR count). The SMILES string of the molecule is CCOC(C)C(C)N(C)CC. The van der Waals surface area contributed by atoms with Crippen molar-refractivity contribution in [3.63, 3.8) is 0 Å². The Morgan fingerprint density at radius 3 is 2.18 bits per heavy atom. The molecule has 0 saturated heterocycles. The number of rotatable bonds is 5. The Hall–Kier alpha value is -0.0800. The Balaban J connectivity index is 3.70. The summed E-state index contributed by atoms with van der Waals surface area (Å²) in [5.74, 6) is 0. The minimum absolute atomic E-state index is 0.338. The molecule has 11 heavy (non-hydrogen) atoms. The van der Waals surface area contributed by atoms with Gasteiger partial charge in [-0.25, -0.2) is 0 Å². The van der Waals surface area contributed by atoms with Gasteiger partial charge in [0.1, 0.15) is 0 Å². The third-order valence-corrected chi connectivity index (χ3v) is 2.30. The van der Waals surface area contributed by atoms with E-state index in [4.69, 9.17) is 4.74 Å². The van der Waals surface area contributed by atoms with Crippen LogP contribution < -0.4 is 0 Å². The summed E-state index contributed by atoms with van der Waals surface area (Å²) < 4.78 is 5.48. The summed E-state index contributed by atoms with van der Waals surface area (Å²) in [5, 5.41) is 0. The number of ether oxygens (including phenoxy) is 1. The molecule has 0 spiro atoms. The molecule has 0 fully saturated rings. The standard InChI is InChI=1S/C9H21NO/c1-6-10(5)8(3)9(4)11-7-2/h8-9H,6-7H2,1-5H3. The molecule has 0 bridgehead atoms. The highest BCUT2D eigenvalue weighted by molar-refractivity contribution is 4.68. The smallest absolute Gasteiger partial charge is 0.0699 e. The Bertz CT molecular complexity index is 95.6. The normalized spacial score (nSPS) is 16.9. The summed E-state index contributed by atoms with van der Waals surface area (Å²) in [5.41, 5.74) is 0. The maximum Gasteiger partial charge on any atom is 0.0699 e. The fourth-order valence-electron chi connectivity index (χ4n) is 1.05. The minimum atomic E-state index is 0.338. The van der Waals surface area contributed by atoms with Crippen LogP contribution in [0.25, 0.3) is 0 Å². The molecule has 0 aliphatic carbocycles. The molecule has 0 aromatic heterocycles. The fraction of sp³-hybridized carbons (Fsp3) is 1.00. The first kappa shape index (κ1) is 10.9. The lowest BCUT2D eigenvalue weighted by molar-refractivity contribution is 0.0182. The van der Waals surface area contributed by atoms with Crippen molar-refractivity contribution in [1.82, 2.24) is 4.90 Å². The highest BCUT2D eigenvalue weighted by Gasteiger charge is 2.14. The van der Waals surface area contributed by atoms with E-state index < -0.39 is 0 Å². The van der Waals surface area contributed by atoms with Gasteiger partial charge in [-0.1, -0.05) is 6.92 Å². The lowest BCUT2D eigenvalue weighted by atomic mass is 10.2. The predicted molar refractivity (Wildman–Crippen MR) is 48.9 cm³/mol. The number of likely N-dealkylation sites (N-methyl/N-ethyl adjacent to an activating group) is 1. The van der Waals surface area contributed by atoms with Crippen LogP contribution >= 0.6 is 0 Å². The molecule has 0 aliphatic rings. The van der Waals surface area contributed by atoms with E-state index in [2.05, 4.69) is 32.7 Å². The van der Waals surface area contributed by atoms with Crippen molar-refractivity contribution in [2.75, 3.05) is 20.2 Å². The van der Waals surface area contributed by atoms with Crippen LogP contribution in [0.3, 0.4) is 0 Å². The van der Waals surface area contributed by atoms with Gasteiger partial charge in [0.05, 0.1) is 6.10 Å². The molecule has 0 saturated carbocycles. The van der Waals surface area contributed by atoms with Crippen molar-refractivity contribution in [2.45, 2.75) is 39.8 Å². The third kappa shape index (κ3) is 3.73. The molecule has 2 heteroatoms. The Morgan fingerprint density at radius 2 is 1.82 bits per heavy atom. The number of hydrogen-bond donors (Lipinski definition) is 0. The molecule has 0 N–H and O–H groups in total. The zero-order valence-corrected chi connectivity index (χ0v) is 8.42. The van der Waals surface area contributed by atoms with E-state index in [1.165, 1.54) is 0 Å². The second-order valence-corrected chi connectivity index (χ2v) is 2.97. The molecule has 2 atom stereocenters. The number of hydrogen-bond acceptors (Lipinski definition) is 2. The topological polar surface area (TPSA) is 12.5 Å². The molecule has 0 aromatic rings. The minimum Gasteiger partial charge on any atom is -0.377 e. The van der Waals surface area contributed by atoms with Crippen molar-refractivity contribution in [3.05, 3.63) is 0 Å². The maximum atomic E-state index is 5.48. The monoisotopic (exact) mass is 159 g/mol. The van der Waals surface area contributed by atoms with Gasteiger partial charge in [-0.15, -0.1) is 0 Å². The van der Waals surface area contributed by atoms with Crippen LogP contribution in [-0.4, -0.2) is 37.2 Å². The van der Waals surface area contributed by atoms with Crippen molar-refractivity contribution in [2.24, 2.45) is 0 Å². The van der Waals surface area contributed by atoms with Gasteiger partial charge in [-0.3, -0.25) is 0 Å². The van der Waals surface area contributed by atoms with Gasteiger partial charge in [-0.05, 0) is 34.4 Å². The summed E-state index contributed by atoms with van der Waals surface area (Å²) in [4.78, 5) is 2.29. The van der Waals surface area contributed by atoms with Crippen molar-refractivity contribution >= 4 is 0 Å². The molecule has 0 radical (unpaired) electrons. The molecule has 68 valence electrons. The van der Waals surface area contributed by atoms with E-state index in [0.717, 1.165) is 13.2 Å². The zero-order valence-electron chi connectivity index (χ0n) is 8.42. The van der Waals surface area contributed by atoms with Crippen LogP contribution in [0.2, 0.25) is 0 Å². The quantitative estimate of drug-likeness (QED) is 0.606. The van der Waals surface area contributed by atoms with E-state index >= 15 is 0 Å². The first-order valence-corrected chi connectivity index (χ1v) is 4.45. The van der Waals surface area contributed by atoms with Gasteiger partial charge >= 0.3 is 0 Å². The Labute approximate surface area is 70.5 Å². The first-order valence-electron chi connectivity index (χ1n) is 4.45. The predicted octanol–water partition coefficient (Wildman–Crippen LogP) is 1.75. The van der Waals surface area contributed by atoms with Gasteiger partial charge in [-0.2, -0.15) is 0 Å². The van der Waals surface area contributed by atoms with Crippen LogP contribution in [0.15, 0.2) is 0 Å². The summed E-state index contributed by atoms with van der Waals surface area (Å²) in [6.07, 6.45) is 0.338. The highest BCUT2D eigenvalue weighted by atomic mass is 16.5. The average Bonchev–Trinajstić information content (AvgIpc) is 2.02. The van der Waals surface area contributed by atoms with Crippen LogP contribution in [0, 0.1) is 0 Å². The van der Waals surface area contributed by atoms with E-state index in [1.54, 1.807) is 0 Å². The first-order chi connectivity index (χ1) is 5.13. The van der Waals surface area contributed by atoms with Crippen LogP contribution in [0.1, 0.15) is 27.7 Å². The molecule has 0 heterocycles. The van der Waals surface area contributed by atoms with E-state index in [1.807, 2.05) is 6.92 Å². The molecular formula is C9H21NO. The molecule has 2 nitrogen and oxygen atoms in total. The molecule has 0 aliphatic heterocycles. The fourth-order valence-corrected chi connectivity index (χ4v) is 1.05.